The van der Waals surface area contributed by atoms with Crippen LogP contribution in [0.2, 0.25) is 0 Å². The van der Waals surface area contributed by atoms with E-state index >= 15 is 0 Å². The molecule has 0 saturated heterocycles. The van der Waals surface area contributed by atoms with E-state index in [1.807, 2.05) is 18.9 Å². The number of hydrogen-bond acceptors (Lipinski definition) is 6. The van der Waals surface area contributed by atoms with Gasteiger partial charge in [-0.3, -0.25) is 4.98 Å². The molecule has 0 aliphatic rings. The second-order valence-electron chi connectivity index (χ2n) is 3.69. The van der Waals surface area contributed by atoms with Crippen molar-refractivity contribution in [2.24, 2.45) is 0 Å². The molecular weight excluding hydrogens is 230 g/mol. The Hall–Kier alpha value is -2.62. The summed E-state index contributed by atoms with van der Waals surface area (Å²) in [6.07, 6.45) is 4.65. The van der Waals surface area contributed by atoms with Gasteiger partial charge in [-0.05, 0) is 6.92 Å². The Labute approximate surface area is 104 Å². The molecule has 2 aromatic heterocycles. The quantitative estimate of drug-likeness (QED) is 0.846. The summed E-state index contributed by atoms with van der Waals surface area (Å²) in [5, 5.41) is 13.5. The zero-order valence-electron chi connectivity index (χ0n) is 10.2. The largest absolute Gasteiger partial charge is 0.382 e. The number of nitrogen functional groups attached to an aromatic ring is 1. The van der Waals surface area contributed by atoms with E-state index in [2.05, 4.69) is 21.1 Å². The van der Waals surface area contributed by atoms with E-state index in [1.54, 1.807) is 18.6 Å². The van der Waals surface area contributed by atoms with Crippen LogP contribution >= 0.6 is 0 Å². The Morgan fingerprint density at radius 2 is 2.28 bits per heavy atom. The smallest absolute Gasteiger partial charge is 0.174 e. The van der Waals surface area contributed by atoms with Gasteiger partial charge < -0.3 is 10.6 Å². The minimum Gasteiger partial charge on any atom is -0.382 e. The lowest BCUT2D eigenvalue weighted by molar-refractivity contribution is 0.824. The average molecular weight is 243 g/mol. The molecule has 2 aromatic rings. The second kappa shape index (κ2) is 4.71. The molecule has 18 heavy (non-hydrogen) atoms. The van der Waals surface area contributed by atoms with Crippen molar-refractivity contribution >= 4 is 11.6 Å². The molecule has 2 rings (SSSR count). The fraction of sp³-hybridized carbons (Fsp3) is 0.273. The van der Waals surface area contributed by atoms with Gasteiger partial charge in [0.05, 0.1) is 6.20 Å². The highest BCUT2D eigenvalue weighted by atomic mass is 15.4. The van der Waals surface area contributed by atoms with Crippen LogP contribution in [0.1, 0.15) is 12.5 Å². The van der Waals surface area contributed by atoms with Crippen LogP contribution in [0.3, 0.4) is 0 Å². The van der Waals surface area contributed by atoms with Crippen LogP contribution in [0.15, 0.2) is 18.6 Å². The molecule has 0 amide bonds. The monoisotopic (exact) mass is 243 g/mol. The topological polar surface area (TPSA) is 96.7 Å². The van der Waals surface area contributed by atoms with Gasteiger partial charge in [-0.2, -0.15) is 9.94 Å². The number of nitriles is 1. The van der Waals surface area contributed by atoms with Gasteiger partial charge in [-0.25, -0.2) is 4.98 Å². The lowest BCUT2D eigenvalue weighted by atomic mass is 10.3. The molecule has 0 atom stereocenters. The number of anilines is 2. The molecule has 0 bridgehead atoms. The summed E-state index contributed by atoms with van der Waals surface area (Å²) in [7, 11) is 1.85. The van der Waals surface area contributed by atoms with Crippen molar-refractivity contribution in [3.05, 3.63) is 24.2 Å². The highest BCUT2D eigenvalue weighted by Crippen LogP contribution is 2.25. The van der Waals surface area contributed by atoms with Gasteiger partial charge in [0.2, 0.25) is 0 Å². The van der Waals surface area contributed by atoms with Crippen molar-refractivity contribution in [3.8, 4) is 11.9 Å². The Bertz CT molecular complexity index is 581. The molecule has 0 aliphatic carbocycles. The Balaban J connectivity index is 2.58. The molecule has 0 aromatic carbocycles. The summed E-state index contributed by atoms with van der Waals surface area (Å²) in [6, 6.07) is 2.07. The summed E-state index contributed by atoms with van der Waals surface area (Å²) >= 11 is 0. The fourth-order valence-electron chi connectivity index (χ4n) is 1.52. The minimum atomic E-state index is 0.272. The predicted octanol–water partition coefficient (Wildman–Crippen LogP) is 0.572. The molecule has 92 valence electrons. The van der Waals surface area contributed by atoms with Gasteiger partial charge in [0.1, 0.15) is 17.5 Å². The molecule has 0 unspecified atom stereocenters. The number of aromatic nitrogens is 4. The van der Waals surface area contributed by atoms with Gasteiger partial charge in [0, 0.05) is 26.0 Å². The maximum Gasteiger partial charge on any atom is 0.174 e. The third-order valence-corrected chi connectivity index (χ3v) is 2.62. The van der Waals surface area contributed by atoms with Crippen LogP contribution in [0.25, 0.3) is 5.82 Å². The lowest BCUT2D eigenvalue weighted by Gasteiger charge is -2.12. The van der Waals surface area contributed by atoms with Crippen molar-refractivity contribution in [2.45, 2.75) is 6.92 Å². The Kier molecular flexibility index (Phi) is 3.10. The van der Waals surface area contributed by atoms with Gasteiger partial charge in [-0.1, -0.05) is 0 Å². The first-order valence-corrected chi connectivity index (χ1v) is 5.45. The van der Waals surface area contributed by atoms with E-state index in [9.17, 15) is 0 Å². The van der Waals surface area contributed by atoms with Crippen molar-refractivity contribution in [1.82, 2.24) is 19.7 Å². The number of rotatable bonds is 3. The van der Waals surface area contributed by atoms with Crippen molar-refractivity contribution in [1.29, 1.82) is 5.26 Å². The molecular formula is C11H13N7. The van der Waals surface area contributed by atoms with Crippen LogP contribution in [0, 0.1) is 11.3 Å². The molecule has 2 heterocycles. The molecule has 0 radical (unpaired) electrons. The van der Waals surface area contributed by atoms with E-state index in [4.69, 9.17) is 11.0 Å². The highest BCUT2D eigenvalue weighted by molar-refractivity contribution is 5.66. The highest BCUT2D eigenvalue weighted by Gasteiger charge is 2.19. The fourth-order valence-corrected chi connectivity index (χ4v) is 1.52. The Morgan fingerprint density at radius 3 is 2.83 bits per heavy atom. The maximum absolute atomic E-state index is 9.16. The first-order valence-electron chi connectivity index (χ1n) is 5.45. The number of nitrogens with zero attached hydrogens (tertiary/aromatic N) is 6. The average Bonchev–Trinajstić information content (AvgIpc) is 2.75. The maximum atomic E-state index is 9.16. The number of hydrogen-bond donors (Lipinski definition) is 1. The third kappa shape index (κ3) is 1.84. The van der Waals surface area contributed by atoms with Gasteiger partial charge >= 0.3 is 0 Å². The van der Waals surface area contributed by atoms with Crippen LogP contribution in [-0.2, 0) is 0 Å². The second-order valence-corrected chi connectivity index (χ2v) is 3.69. The minimum absolute atomic E-state index is 0.272. The molecule has 7 heteroatoms. The van der Waals surface area contributed by atoms with E-state index in [0.717, 1.165) is 6.54 Å². The summed E-state index contributed by atoms with van der Waals surface area (Å²) in [5.74, 6) is 1.30. The molecule has 0 fully saturated rings. The molecule has 0 aliphatic heterocycles. The summed E-state index contributed by atoms with van der Waals surface area (Å²) in [4.78, 5) is 9.92. The van der Waals surface area contributed by atoms with Crippen LogP contribution in [-0.4, -0.2) is 33.3 Å². The standard InChI is InChI=1S/C11H13N7/c1-3-17(2)11-8(6-12)10(13)18(16-11)9-7-14-4-5-15-9/h4-5,7H,3,13H2,1-2H3. The van der Waals surface area contributed by atoms with Crippen LogP contribution < -0.4 is 10.6 Å². The normalized spacial score (nSPS) is 10.1. The summed E-state index contributed by atoms with van der Waals surface area (Å²) in [6.45, 7) is 2.70. The van der Waals surface area contributed by atoms with Gasteiger partial charge in [-0.15, -0.1) is 5.10 Å². The summed E-state index contributed by atoms with van der Waals surface area (Å²) < 4.78 is 1.42. The predicted molar refractivity (Wildman–Crippen MR) is 67.2 cm³/mol. The van der Waals surface area contributed by atoms with Gasteiger partial charge in [0.25, 0.3) is 0 Å². The SMILES string of the molecule is CCN(C)c1nn(-c2cnccn2)c(N)c1C#N. The van der Waals surface area contributed by atoms with Crippen LogP contribution in [0.4, 0.5) is 11.6 Å². The van der Waals surface area contributed by atoms with E-state index < -0.39 is 0 Å². The van der Waals surface area contributed by atoms with Crippen LogP contribution in [0.5, 0.6) is 0 Å². The van der Waals surface area contributed by atoms with E-state index in [-0.39, 0.29) is 5.82 Å². The zero-order valence-corrected chi connectivity index (χ0v) is 10.2. The van der Waals surface area contributed by atoms with E-state index in [0.29, 0.717) is 17.2 Å². The molecule has 0 spiro atoms. The zero-order chi connectivity index (χ0) is 13.1. The van der Waals surface area contributed by atoms with Gasteiger partial charge in [0.15, 0.2) is 11.6 Å². The van der Waals surface area contributed by atoms with E-state index in [1.165, 1.54) is 4.68 Å². The molecule has 7 nitrogen and oxygen atoms in total. The lowest BCUT2D eigenvalue weighted by Crippen LogP contribution is -2.17. The Morgan fingerprint density at radius 1 is 1.50 bits per heavy atom. The third-order valence-electron chi connectivity index (χ3n) is 2.62. The van der Waals surface area contributed by atoms with Crippen molar-refractivity contribution in [2.75, 3.05) is 24.2 Å². The van der Waals surface area contributed by atoms with Crippen molar-refractivity contribution < 1.29 is 0 Å². The van der Waals surface area contributed by atoms with Crippen molar-refractivity contribution in [3.63, 3.8) is 0 Å². The number of nitrogens with two attached hydrogens (primary N) is 1. The molecule has 0 saturated carbocycles. The first-order chi connectivity index (χ1) is 8.69. The molecule has 2 N–H and O–H groups in total. The first kappa shape index (κ1) is 11.9. The summed E-state index contributed by atoms with van der Waals surface area (Å²) in [5.41, 5.74) is 6.27.